The summed E-state index contributed by atoms with van der Waals surface area (Å²) < 4.78 is 0. The molecule has 1 aromatic carbocycles. The number of benzene rings is 1. The van der Waals surface area contributed by atoms with Crippen molar-refractivity contribution in [2.24, 2.45) is 0 Å². The SMILES string of the molecule is CCCPCc1ccccc1.Cl. The van der Waals surface area contributed by atoms with Gasteiger partial charge >= 0.3 is 0 Å². The van der Waals surface area contributed by atoms with Gasteiger partial charge in [-0.15, -0.1) is 21.0 Å². The molecule has 0 fully saturated rings. The van der Waals surface area contributed by atoms with Gasteiger partial charge in [-0.1, -0.05) is 43.7 Å². The maximum Gasteiger partial charge on any atom is -0.0101 e. The van der Waals surface area contributed by atoms with E-state index in [2.05, 4.69) is 37.3 Å². The minimum atomic E-state index is 0. The molecule has 0 N–H and O–H groups in total. The van der Waals surface area contributed by atoms with Crippen LogP contribution in [-0.4, -0.2) is 6.16 Å². The van der Waals surface area contributed by atoms with Crippen LogP contribution in [0.4, 0.5) is 0 Å². The molecule has 2 heteroatoms. The fraction of sp³-hybridized carbons (Fsp3) is 0.400. The molecule has 0 radical (unpaired) electrons. The molecule has 0 saturated heterocycles. The second-order valence-electron chi connectivity index (χ2n) is 2.66. The summed E-state index contributed by atoms with van der Waals surface area (Å²) in [4.78, 5) is 0. The Labute approximate surface area is 83.0 Å². The van der Waals surface area contributed by atoms with Gasteiger partial charge in [0.2, 0.25) is 0 Å². The molecule has 0 nitrogen and oxygen atoms in total. The van der Waals surface area contributed by atoms with Gasteiger partial charge in [0, 0.05) is 0 Å². The zero-order valence-electron chi connectivity index (χ0n) is 7.42. The van der Waals surface area contributed by atoms with E-state index in [1.807, 2.05) is 0 Å². The quantitative estimate of drug-likeness (QED) is 0.516. The zero-order valence-corrected chi connectivity index (χ0v) is 9.23. The molecule has 0 aliphatic rings. The molecule has 12 heavy (non-hydrogen) atoms. The van der Waals surface area contributed by atoms with Crippen molar-refractivity contribution >= 4 is 21.0 Å². The molecule has 0 spiro atoms. The second-order valence-corrected chi connectivity index (χ2v) is 4.02. The number of hydrogen-bond acceptors (Lipinski definition) is 0. The van der Waals surface area contributed by atoms with Gasteiger partial charge in [-0.2, -0.15) is 0 Å². The number of halogens is 1. The van der Waals surface area contributed by atoms with E-state index in [4.69, 9.17) is 0 Å². The highest BCUT2D eigenvalue weighted by Crippen LogP contribution is 2.18. The topological polar surface area (TPSA) is 0 Å². The van der Waals surface area contributed by atoms with Crippen molar-refractivity contribution in [2.45, 2.75) is 19.5 Å². The first kappa shape index (κ1) is 11.9. The highest BCUT2D eigenvalue weighted by Gasteiger charge is 1.88. The van der Waals surface area contributed by atoms with Crippen LogP contribution in [0, 0.1) is 0 Å². The van der Waals surface area contributed by atoms with Gasteiger partial charge in [-0.3, -0.25) is 0 Å². The largest absolute Gasteiger partial charge is 0.147 e. The summed E-state index contributed by atoms with van der Waals surface area (Å²) >= 11 is 0. The first-order valence-electron chi connectivity index (χ1n) is 4.18. The first-order chi connectivity index (χ1) is 5.43. The van der Waals surface area contributed by atoms with Gasteiger partial charge in [-0.25, -0.2) is 0 Å². The summed E-state index contributed by atoms with van der Waals surface area (Å²) in [5.41, 5.74) is 1.49. The Kier molecular flexibility index (Phi) is 7.54. The van der Waals surface area contributed by atoms with Gasteiger partial charge < -0.3 is 0 Å². The Morgan fingerprint density at radius 1 is 1.17 bits per heavy atom. The third kappa shape index (κ3) is 4.74. The standard InChI is InChI=1S/C10H15P.ClH/c1-2-8-11-9-10-6-4-3-5-7-10;/h3-7,11H,2,8-9H2,1H3;1H. The minimum Gasteiger partial charge on any atom is -0.147 e. The van der Waals surface area contributed by atoms with E-state index in [0.29, 0.717) is 0 Å². The van der Waals surface area contributed by atoms with Crippen LogP contribution in [0.25, 0.3) is 0 Å². The number of hydrogen-bond donors (Lipinski definition) is 0. The molecule has 0 aromatic heterocycles. The van der Waals surface area contributed by atoms with Crippen molar-refractivity contribution in [3.8, 4) is 0 Å². The second kappa shape index (κ2) is 7.58. The normalized spacial score (nSPS) is 10.1. The lowest BCUT2D eigenvalue weighted by Gasteiger charge is -1.98. The molecule has 68 valence electrons. The monoisotopic (exact) mass is 202 g/mol. The van der Waals surface area contributed by atoms with Crippen LogP contribution in [0.3, 0.4) is 0 Å². The van der Waals surface area contributed by atoms with Crippen molar-refractivity contribution in [3.05, 3.63) is 35.9 Å². The van der Waals surface area contributed by atoms with E-state index >= 15 is 0 Å². The Morgan fingerprint density at radius 3 is 2.42 bits per heavy atom. The Balaban J connectivity index is 0.00000121. The van der Waals surface area contributed by atoms with Crippen molar-refractivity contribution < 1.29 is 0 Å². The van der Waals surface area contributed by atoms with Crippen LogP contribution in [-0.2, 0) is 6.16 Å². The molecular formula is C10H16ClP. The Hall–Kier alpha value is -0.0600. The van der Waals surface area contributed by atoms with Crippen LogP contribution < -0.4 is 0 Å². The molecule has 0 amide bonds. The summed E-state index contributed by atoms with van der Waals surface area (Å²) in [6, 6.07) is 10.7. The van der Waals surface area contributed by atoms with Crippen LogP contribution in [0.1, 0.15) is 18.9 Å². The zero-order chi connectivity index (χ0) is 7.94. The molecule has 0 heterocycles. The Bertz CT molecular complexity index is 186. The van der Waals surface area contributed by atoms with E-state index < -0.39 is 0 Å². The fourth-order valence-electron chi connectivity index (χ4n) is 1.01. The molecule has 0 saturated carbocycles. The molecule has 0 aliphatic carbocycles. The first-order valence-corrected chi connectivity index (χ1v) is 5.59. The molecule has 1 rings (SSSR count). The maximum atomic E-state index is 2.25. The van der Waals surface area contributed by atoms with Crippen molar-refractivity contribution in [3.63, 3.8) is 0 Å². The lowest BCUT2D eigenvalue weighted by molar-refractivity contribution is 1.10. The summed E-state index contributed by atoms with van der Waals surface area (Å²) in [6.07, 6.45) is 3.98. The van der Waals surface area contributed by atoms with Gasteiger partial charge in [0.05, 0.1) is 0 Å². The molecule has 0 aliphatic heterocycles. The van der Waals surface area contributed by atoms with E-state index in [1.54, 1.807) is 0 Å². The van der Waals surface area contributed by atoms with Gasteiger partial charge in [0.25, 0.3) is 0 Å². The fourth-order valence-corrected chi connectivity index (χ4v) is 2.06. The highest BCUT2D eigenvalue weighted by atomic mass is 35.5. The minimum absolute atomic E-state index is 0. The molecule has 0 bridgehead atoms. The van der Waals surface area contributed by atoms with Crippen molar-refractivity contribution in [2.75, 3.05) is 6.16 Å². The van der Waals surface area contributed by atoms with E-state index in [9.17, 15) is 0 Å². The summed E-state index contributed by atoms with van der Waals surface area (Å²) in [7, 11) is 1.11. The third-order valence-corrected chi connectivity index (χ3v) is 3.11. The average Bonchev–Trinajstić information content (AvgIpc) is 2.07. The Morgan fingerprint density at radius 2 is 1.83 bits per heavy atom. The predicted molar refractivity (Wildman–Crippen MR) is 60.9 cm³/mol. The average molecular weight is 203 g/mol. The third-order valence-electron chi connectivity index (χ3n) is 1.60. The summed E-state index contributed by atoms with van der Waals surface area (Å²) in [5, 5.41) is 0. The van der Waals surface area contributed by atoms with Crippen LogP contribution in [0.2, 0.25) is 0 Å². The summed E-state index contributed by atoms with van der Waals surface area (Å²) in [5.74, 6) is 0. The highest BCUT2D eigenvalue weighted by molar-refractivity contribution is 7.37. The smallest absolute Gasteiger partial charge is 0.0101 e. The van der Waals surface area contributed by atoms with Crippen LogP contribution in [0.15, 0.2) is 30.3 Å². The van der Waals surface area contributed by atoms with Crippen LogP contribution in [0.5, 0.6) is 0 Å². The van der Waals surface area contributed by atoms with E-state index in [0.717, 1.165) is 8.58 Å². The van der Waals surface area contributed by atoms with E-state index in [-0.39, 0.29) is 12.4 Å². The summed E-state index contributed by atoms with van der Waals surface area (Å²) in [6.45, 7) is 2.25. The van der Waals surface area contributed by atoms with Crippen LogP contribution >= 0.6 is 21.0 Å². The van der Waals surface area contributed by atoms with Gasteiger partial charge in [0.1, 0.15) is 0 Å². The lowest BCUT2D eigenvalue weighted by Crippen LogP contribution is -1.77. The van der Waals surface area contributed by atoms with Gasteiger partial charge in [0.15, 0.2) is 0 Å². The molecule has 1 atom stereocenters. The molecular weight excluding hydrogens is 187 g/mol. The predicted octanol–water partition coefficient (Wildman–Crippen LogP) is 3.70. The molecule has 1 unspecified atom stereocenters. The van der Waals surface area contributed by atoms with Gasteiger partial charge in [-0.05, 0) is 17.9 Å². The maximum absolute atomic E-state index is 2.25. The lowest BCUT2D eigenvalue weighted by atomic mass is 10.2. The van der Waals surface area contributed by atoms with Crippen molar-refractivity contribution in [1.29, 1.82) is 0 Å². The number of rotatable bonds is 4. The molecule has 1 aromatic rings. The van der Waals surface area contributed by atoms with E-state index in [1.165, 1.54) is 24.3 Å². The van der Waals surface area contributed by atoms with Crippen molar-refractivity contribution in [1.82, 2.24) is 0 Å².